The highest BCUT2D eigenvalue weighted by molar-refractivity contribution is 9.10. The molecule has 16 heavy (non-hydrogen) atoms. The average molecular weight is 281 g/mol. The monoisotopic (exact) mass is 280 g/mol. The van der Waals surface area contributed by atoms with Gasteiger partial charge in [-0.2, -0.15) is 4.68 Å². The Labute approximate surface area is 103 Å². The first-order valence-electron chi connectivity index (χ1n) is 5.14. The van der Waals surface area contributed by atoms with Gasteiger partial charge in [0.25, 0.3) is 0 Å². The molecule has 4 nitrogen and oxygen atoms in total. The van der Waals surface area contributed by atoms with Crippen molar-refractivity contribution in [2.45, 2.75) is 26.7 Å². The van der Waals surface area contributed by atoms with Crippen molar-refractivity contribution < 1.29 is 0 Å². The average Bonchev–Trinajstić information content (AvgIpc) is 2.66. The fourth-order valence-electron chi connectivity index (χ4n) is 1.58. The lowest BCUT2D eigenvalue weighted by Crippen LogP contribution is -2.06. The van der Waals surface area contributed by atoms with Gasteiger partial charge in [-0.25, -0.2) is 0 Å². The maximum absolute atomic E-state index is 4.05. The first-order valence-corrected chi connectivity index (χ1v) is 5.93. The van der Waals surface area contributed by atoms with Crippen LogP contribution in [0.25, 0.3) is 5.69 Å². The fraction of sp³-hybridized carbons (Fsp3) is 0.364. The van der Waals surface area contributed by atoms with Crippen LogP contribution >= 0.6 is 15.9 Å². The van der Waals surface area contributed by atoms with Gasteiger partial charge in [-0.05, 0) is 41.1 Å². The van der Waals surface area contributed by atoms with Crippen LogP contribution in [0.15, 0.2) is 22.7 Å². The zero-order valence-corrected chi connectivity index (χ0v) is 11.1. The Morgan fingerprint density at radius 2 is 2.06 bits per heavy atom. The molecule has 0 aliphatic rings. The molecule has 0 atom stereocenters. The van der Waals surface area contributed by atoms with E-state index in [0.717, 1.165) is 21.5 Å². The van der Waals surface area contributed by atoms with Crippen molar-refractivity contribution in [3.05, 3.63) is 34.1 Å². The summed E-state index contributed by atoms with van der Waals surface area (Å²) in [6.45, 7) is 6.21. The Balaban J connectivity index is 2.54. The first kappa shape index (κ1) is 11.3. The summed E-state index contributed by atoms with van der Waals surface area (Å²) in [4.78, 5) is 0. The lowest BCUT2D eigenvalue weighted by Gasteiger charge is -2.09. The van der Waals surface area contributed by atoms with Crippen molar-refractivity contribution >= 4 is 15.9 Å². The second-order valence-corrected chi connectivity index (χ2v) is 4.95. The number of nitrogens with zero attached hydrogens (tertiary/aromatic N) is 4. The molecule has 2 aromatic rings. The van der Waals surface area contributed by atoms with Gasteiger partial charge in [-0.1, -0.05) is 29.8 Å². The van der Waals surface area contributed by atoms with E-state index < -0.39 is 0 Å². The summed E-state index contributed by atoms with van der Waals surface area (Å²) in [6.07, 6.45) is 0. The van der Waals surface area contributed by atoms with E-state index in [2.05, 4.69) is 51.4 Å². The lowest BCUT2D eigenvalue weighted by molar-refractivity contribution is 0.707. The van der Waals surface area contributed by atoms with Crippen molar-refractivity contribution in [3.63, 3.8) is 0 Å². The standard InChI is InChI=1S/C11H13BrN4/c1-7(2)11-13-14-15-16(11)10-5-4-9(12)6-8(10)3/h4-7H,1-3H3. The Morgan fingerprint density at radius 3 is 2.69 bits per heavy atom. The number of hydrogen-bond acceptors (Lipinski definition) is 3. The molecule has 0 aliphatic carbocycles. The summed E-state index contributed by atoms with van der Waals surface area (Å²) in [6, 6.07) is 6.07. The van der Waals surface area contributed by atoms with Crippen LogP contribution in [-0.2, 0) is 0 Å². The van der Waals surface area contributed by atoms with Crippen LogP contribution in [0.1, 0.15) is 31.2 Å². The maximum atomic E-state index is 4.05. The van der Waals surface area contributed by atoms with Gasteiger partial charge in [0.2, 0.25) is 0 Å². The minimum absolute atomic E-state index is 0.304. The molecule has 0 amide bonds. The topological polar surface area (TPSA) is 43.6 Å². The summed E-state index contributed by atoms with van der Waals surface area (Å²) in [5.41, 5.74) is 2.17. The van der Waals surface area contributed by atoms with Crippen LogP contribution in [0, 0.1) is 6.92 Å². The molecular weight excluding hydrogens is 268 g/mol. The summed E-state index contributed by atoms with van der Waals surface area (Å²) < 4.78 is 2.86. The van der Waals surface area contributed by atoms with Gasteiger partial charge in [-0.3, -0.25) is 0 Å². The molecule has 0 bridgehead atoms. The Bertz CT molecular complexity index is 504. The minimum Gasteiger partial charge on any atom is -0.197 e. The smallest absolute Gasteiger partial charge is 0.159 e. The van der Waals surface area contributed by atoms with Gasteiger partial charge >= 0.3 is 0 Å². The van der Waals surface area contributed by atoms with Gasteiger partial charge in [0.1, 0.15) is 0 Å². The molecule has 0 N–H and O–H groups in total. The predicted octanol–water partition coefficient (Wildman–Crippen LogP) is 2.86. The van der Waals surface area contributed by atoms with Crippen LogP contribution in [0.3, 0.4) is 0 Å². The van der Waals surface area contributed by atoms with Gasteiger partial charge < -0.3 is 0 Å². The number of benzene rings is 1. The van der Waals surface area contributed by atoms with Crippen LogP contribution in [0.5, 0.6) is 0 Å². The zero-order valence-electron chi connectivity index (χ0n) is 9.48. The van der Waals surface area contributed by atoms with Crippen molar-refractivity contribution in [2.24, 2.45) is 0 Å². The lowest BCUT2D eigenvalue weighted by atomic mass is 10.1. The number of halogens is 1. The third kappa shape index (κ3) is 2.00. The molecule has 0 radical (unpaired) electrons. The number of aromatic nitrogens is 4. The molecule has 0 fully saturated rings. The summed E-state index contributed by atoms with van der Waals surface area (Å²) in [5.74, 6) is 1.18. The third-order valence-corrected chi connectivity index (χ3v) is 2.89. The van der Waals surface area contributed by atoms with E-state index in [1.54, 1.807) is 4.68 Å². The number of hydrogen-bond donors (Lipinski definition) is 0. The highest BCUT2D eigenvalue weighted by Gasteiger charge is 2.13. The Hall–Kier alpha value is -1.23. The molecule has 2 rings (SSSR count). The van der Waals surface area contributed by atoms with Crippen LogP contribution in [0.2, 0.25) is 0 Å². The highest BCUT2D eigenvalue weighted by Crippen LogP contribution is 2.21. The third-order valence-electron chi connectivity index (χ3n) is 2.40. The summed E-state index contributed by atoms with van der Waals surface area (Å²) >= 11 is 3.45. The van der Waals surface area contributed by atoms with Gasteiger partial charge in [0, 0.05) is 10.4 Å². The number of aryl methyl sites for hydroxylation is 1. The molecule has 1 aromatic heterocycles. The quantitative estimate of drug-likeness (QED) is 0.850. The van der Waals surface area contributed by atoms with Crippen LogP contribution in [-0.4, -0.2) is 20.2 Å². The molecule has 5 heteroatoms. The highest BCUT2D eigenvalue weighted by atomic mass is 79.9. The number of tetrazole rings is 1. The molecule has 0 saturated carbocycles. The summed E-state index contributed by atoms with van der Waals surface area (Å²) in [5, 5.41) is 11.8. The van der Waals surface area contributed by atoms with E-state index in [4.69, 9.17) is 0 Å². The van der Waals surface area contributed by atoms with E-state index >= 15 is 0 Å². The second-order valence-electron chi connectivity index (χ2n) is 4.03. The van der Waals surface area contributed by atoms with E-state index in [9.17, 15) is 0 Å². The second kappa shape index (κ2) is 4.33. The molecule has 0 spiro atoms. The van der Waals surface area contributed by atoms with E-state index in [1.807, 2.05) is 19.1 Å². The van der Waals surface area contributed by atoms with Gasteiger partial charge in [-0.15, -0.1) is 5.10 Å². The van der Waals surface area contributed by atoms with E-state index in [1.165, 1.54) is 0 Å². The van der Waals surface area contributed by atoms with Crippen molar-refractivity contribution in [3.8, 4) is 5.69 Å². The number of rotatable bonds is 2. The minimum atomic E-state index is 0.304. The molecular formula is C11H13BrN4. The zero-order chi connectivity index (χ0) is 11.7. The van der Waals surface area contributed by atoms with Gasteiger partial charge in [0.05, 0.1) is 5.69 Å². The fourth-order valence-corrected chi connectivity index (χ4v) is 2.06. The van der Waals surface area contributed by atoms with Crippen LogP contribution in [0.4, 0.5) is 0 Å². The van der Waals surface area contributed by atoms with E-state index in [0.29, 0.717) is 5.92 Å². The first-order chi connectivity index (χ1) is 7.59. The molecule has 84 valence electrons. The van der Waals surface area contributed by atoms with Crippen LogP contribution < -0.4 is 0 Å². The maximum Gasteiger partial charge on any atom is 0.159 e. The SMILES string of the molecule is Cc1cc(Br)ccc1-n1nnnc1C(C)C. The largest absolute Gasteiger partial charge is 0.197 e. The Kier molecular flexibility index (Phi) is 3.05. The van der Waals surface area contributed by atoms with Crippen molar-refractivity contribution in [1.82, 2.24) is 20.2 Å². The molecule has 1 aromatic carbocycles. The van der Waals surface area contributed by atoms with Crippen molar-refractivity contribution in [2.75, 3.05) is 0 Å². The molecule has 0 aliphatic heterocycles. The molecule has 1 heterocycles. The summed E-state index contributed by atoms with van der Waals surface area (Å²) in [7, 11) is 0. The Morgan fingerprint density at radius 1 is 1.31 bits per heavy atom. The van der Waals surface area contributed by atoms with Crippen molar-refractivity contribution in [1.29, 1.82) is 0 Å². The van der Waals surface area contributed by atoms with E-state index in [-0.39, 0.29) is 0 Å². The molecule has 0 saturated heterocycles. The predicted molar refractivity (Wildman–Crippen MR) is 65.7 cm³/mol. The normalized spacial score (nSPS) is 11.1. The molecule has 0 unspecified atom stereocenters. The van der Waals surface area contributed by atoms with Gasteiger partial charge in [0.15, 0.2) is 5.82 Å².